The molecule has 0 spiro atoms. The summed E-state index contributed by atoms with van der Waals surface area (Å²) in [4.78, 5) is 9.99. The molecule has 1 atom stereocenters. The number of aliphatic imine (C=N–C) groups is 1. The zero-order chi connectivity index (χ0) is 16.9. The molecule has 3 aromatic rings. The Hall–Kier alpha value is -2.34. The van der Waals surface area contributed by atoms with E-state index in [0.29, 0.717) is 6.54 Å². The minimum absolute atomic E-state index is 0.0195. The number of thiazole rings is 1. The molecule has 2 aromatic heterocycles. The molecule has 0 fully saturated rings. The number of para-hydroxylation sites is 1. The first-order valence-corrected chi connectivity index (χ1v) is 8.90. The van der Waals surface area contributed by atoms with Gasteiger partial charge in [0.1, 0.15) is 16.4 Å². The van der Waals surface area contributed by atoms with Gasteiger partial charge in [-0.05, 0) is 25.5 Å². The lowest BCUT2D eigenvalue weighted by atomic mass is 10.2. The van der Waals surface area contributed by atoms with Crippen LogP contribution in [0.15, 0.2) is 45.9 Å². The number of aryl methyl sites for hydroxylation is 1. The number of fused-ring (bicyclic) bond motifs is 1. The van der Waals surface area contributed by atoms with Crippen molar-refractivity contribution in [1.82, 2.24) is 15.6 Å². The van der Waals surface area contributed by atoms with Crippen LogP contribution in [0.4, 0.5) is 0 Å². The third kappa shape index (κ3) is 3.76. The predicted molar refractivity (Wildman–Crippen MR) is 99.5 cm³/mol. The number of nitrogens with one attached hydrogen (secondary N) is 2. The highest BCUT2D eigenvalue weighted by molar-refractivity contribution is 7.11. The average molecular weight is 342 g/mol. The van der Waals surface area contributed by atoms with E-state index in [1.54, 1.807) is 18.4 Å². The Morgan fingerprint density at radius 3 is 2.92 bits per heavy atom. The molecule has 0 amide bonds. The maximum atomic E-state index is 5.90. The Balaban J connectivity index is 1.61. The van der Waals surface area contributed by atoms with Crippen molar-refractivity contribution in [3.63, 3.8) is 0 Å². The zero-order valence-electron chi connectivity index (χ0n) is 14.2. The van der Waals surface area contributed by atoms with E-state index in [0.717, 1.165) is 34.1 Å². The summed E-state index contributed by atoms with van der Waals surface area (Å²) in [5.74, 6) is 1.62. The summed E-state index contributed by atoms with van der Waals surface area (Å²) in [6.45, 7) is 4.86. The number of hydrogen-bond donors (Lipinski definition) is 2. The van der Waals surface area contributed by atoms with Gasteiger partial charge in [-0.2, -0.15) is 0 Å². The zero-order valence-corrected chi connectivity index (χ0v) is 15.0. The van der Waals surface area contributed by atoms with Crippen molar-refractivity contribution in [3.05, 3.63) is 52.2 Å². The molecule has 6 heteroatoms. The number of furan rings is 1. The SMILES string of the molecule is CCc1cnc(CNC(=NC)NC(C)c2cc3ccccc3o2)s1. The van der Waals surface area contributed by atoms with Gasteiger partial charge in [0.25, 0.3) is 0 Å². The smallest absolute Gasteiger partial charge is 0.191 e. The molecule has 1 aromatic carbocycles. The number of guanidine groups is 1. The average Bonchev–Trinajstić information content (AvgIpc) is 3.24. The Bertz CT molecular complexity index is 803. The van der Waals surface area contributed by atoms with Gasteiger partial charge >= 0.3 is 0 Å². The number of benzene rings is 1. The highest BCUT2D eigenvalue weighted by Crippen LogP contribution is 2.23. The first kappa shape index (κ1) is 16.5. The minimum atomic E-state index is 0.0195. The third-order valence-corrected chi connectivity index (χ3v) is 4.95. The van der Waals surface area contributed by atoms with Crippen molar-refractivity contribution in [1.29, 1.82) is 0 Å². The van der Waals surface area contributed by atoms with Crippen molar-refractivity contribution in [2.45, 2.75) is 32.9 Å². The molecule has 3 rings (SSSR count). The third-order valence-electron chi connectivity index (χ3n) is 3.81. The van der Waals surface area contributed by atoms with Crippen LogP contribution in [-0.2, 0) is 13.0 Å². The van der Waals surface area contributed by atoms with Crippen LogP contribution < -0.4 is 10.6 Å². The van der Waals surface area contributed by atoms with E-state index in [1.807, 2.05) is 24.4 Å². The van der Waals surface area contributed by atoms with Gasteiger partial charge in [-0.1, -0.05) is 25.1 Å². The van der Waals surface area contributed by atoms with Gasteiger partial charge in [0, 0.05) is 23.5 Å². The fraction of sp³-hybridized carbons (Fsp3) is 0.333. The normalized spacial score (nSPS) is 13.2. The van der Waals surface area contributed by atoms with E-state index in [2.05, 4.69) is 46.6 Å². The lowest BCUT2D eigenvalue weighted by Gasteiger charge is -2.15. The summed E-state index contributed by atoms with van der Waals surface area (Å²) in [7, 11) is 1.76. The second kappa shape index (κ2) is 7.49. The summed E-state index contributed by atoms with van der Waals surface area (Å²) in [5.41, 5.74) is 0.902. The summed E-state index contributed by atoms with van der Waals surface area (Å²) in [5, 5.41) is 8.83. The van der Waals surface area contributed by atoms with Crippen LogP contribution in [0.2, 0.25) is 0 Å². The number of hydrogen-bond acceptors (Lipinski definition) is 4. The molecule has 2 heterocycles. The van der Waals surface area contributed by atoms with Crippen LogP contribution >= 0.6 is 11.3 Å². The van der Waals surface area contributed by atoms with Crippen molar-refractivity contribution < 1.29 is 4.42 Å². The summed E-state index contributed by atoms with van der Waals surface area (Å²) >= 11 is 1.73. The number of aromatic nitrogens is 1. The Morgan fingerprint density at radius 1 is 1.38 bits per heavy atom. The standard InChI is InChI=1S/C18H22N4OS/c1-4-14-10-20-17(24-14)11-21-18(19-3)22-12(2)16-9-13-7-5-6-8-15(13)23-16/h5-10,12H,4,11H2,1-3H3,(H2,19,21,22). The number of nitrogens with zero attached hydrogens (tertiary/aromatic N) is 2. The predicted octanol–water partition coefficient (Wildman–Crippen LogP) is 3.88. The lowest BCUT2D eigenvalue weighted by molar-refractivity contribution is 0.488. The molecule has 5 nitrogen and oxygen atoms in total. The Morgan fingerprint density at radius 2 is 2.21 bits per heavy atom. The molecule has 0 aliphatic heterocycles. The lowest BCUT2D eigenvalue weighted by Crippen LogP contribution is -2.38. The van der Waals surface area contributed by atoms with E-state index in [-0.39, 0.29) is 6.04 Å². The molecule has 0 radical (unpaired) electrons. The van der Waals surface area contributed by atoms with Gasteiger partial charge in [-0.15, -0.1) is 11.3 Å². The van der Waals surface area contributed by atoms with Crippen LogP contribution in [0.5, 0.6) is 0 Å². The van der Waals surface area contributed by atoms with Gasteiger partial charge in [-0.25, -0.2) is 4.98 Å². The first-order valence-electron chi connectivity index (χ1n) is 8.08. The molecule has 1 unspecified atom stereocenters. The van der Waals surface area contributed by atoms with Gasteiger partial charge in [0.15, 0.2) is 5.96 Å². The highest BCUT2D eigenvalue weighted by Gasteiger charge is 2.13. The minimum Gasteiger partial charge on any atom is -0.459 e. The summed E-state index contributed by atoms with van der Waals surface area (Å²) in [6, 6.07) is 10.1. The van der Waals surface area contributed by atoms with Gasteiger partial charge in [0.05, 0.1) is 12.6 Å². The molecule has 0 saturated carbocycles. The summed E-state index contributed by atoms with van der Waals surface area (Å²) < 4.78 is 5.90. The van der Waals surface area contributed by atoms with Crippen LogP contribution in [0.25, 0.3) is 11.0 Å². The maximum Gasteiger partial charge on any atom is 0.191 e. The van der Waals surface area contributed by atoms with Crippen molar-refractivity contribution >= 4 is 28.3 Å². The molecule has 0 saturated heterocycles. The molecule has 0 aliphatic carbocycles. The first-order chi connectivity index (χ1) is 11.7. The van der Waals surface area contributed by atoms with E-state index < -0.39 is 0 Å². The topological polar surface area (TPSA) is 62.5 Å². The molecule has 24 heavy (non-hydrogen) atoms. The second-order valence-corrected chi connectivity index (χ2v) is 6.75. The monoisotopic (exact) mass is 342 g/mol. The fourth-order valence-corrected chi connectivity index (χ4v) is 3.24. The van der Waals surface area contributed by atoms with E-state index >= 15 is 0 Å². The molecular weight excluding hydrogens is 320 g/mol. The summed E-state index contributed by atoms with van der Waals surface area (Å²) in [6.07, 6.45) is 2.96. The molecule has 126 valence electrons. The van der Waals surface area contributed by atoms with Crippen LogP contribution in [-0.4, -0.2) is 18.0 Å². The molecule has 2 N–H and O–H groups in total. The van der Waals surface area contributed by atoms with Crippen LogP contribution in [0.1, 0.15) is 35.5 Å². The maximum absolute atomic E-state index is 5.90. The van der Waals surface area contributed by atoms with E-state index in [1.165, 1.54) is 4.88 Å². The van der Waals surface area contributed by atoms with Crippen LogP contribution in [0.3, 0.4) is 0 Å². The fourth-order valence-electron chi connectivity index (χ4n) is 2.44. The van der Waals surface area contributed by atoms with E-state index in [9.17, 15) is 0 Å². The van der Waals surface area contributed by atoms with Crippen LogP contribution in [0, 0.1) is 0 Å². The molecule has 0 bridgehead atoms. The molecular formula is C18H22N4OS. The Labute approximate surface area is 145 Å². The number of rotatable bonds is 5. The van der Waals surface area contributed by atoms with Crippen molar-refractivity contribution in [3.8, 4) is 0 Å². The second-order valence-electron chi connectivity index (χ2n) is 5.55. The van der Waals surface area contributed by atoms with Gasteiger partial charge in [-0.3, -0.25) is 4.99 Å². The quantitative estimate of drug-likeness (QED) is 0.546. The van der Waals surface area contributed by atoms with Gasteiger partial charge < -0.3 is 15.1 Å². The van der Waals surface area contributed by atoms with Crippen molar-refractivity contribution in [2.75, 3.05) is 7.05 Å². The van der Waals surface area contributed by atoms with E-state index in [4.69, 9.17) is 4.42 Å². The molecule has 0 aliphatic rings. The largest absolute Gasteiger partial charge is 0.459 e. The van der Waals surface area contributed by atoms with Gasteiger partial charge in [0.2, 0.25) is 0 Å². The van der Waals surface area contributed by atoms with Crippen molar-refractivity contribution in [2.24, 2.45) is 4.99 Å². The Kier molecular flexibility index (Phi) is 5.15. The highest BCUT2D eigenvalue weighted by atomic mass is 32.1.